The summed E-state index contributed by atoms with van der Waals surface area (Å²) in [6, 6.07) is 1.86. The first-order valence-corrected chi connectivity index (χ1v) is 5.24. The van der Waals surface area contributed by atoms with Crippen molar-refractivity contribution in [2.24, 2.45) is 0 Å². The van der Waals surface area contributed by atoms with E-state index in [2.05, 4.69) is 12.6 Å². The monoisotopic (exact) mass is 212 g/mol. The SMILES string of the molecule is Cc1cc(OCCS)c(C)c(C)c1O. The second-order valence-electron chi connectivity index (χ2n) is 3.36. The van der Waals surface area contributed by atoms with E-state index in [1.165, 1.54) is 0 Å². The molecule has 0 unspecified atom stereocenters. The minimum Gasteiger partial charge on any atom is -0.507 e. The molecular weight excluding hydrogens is 196 g/mol. The van der Waals surface area contributed by atoms with Crippen LogP contribution in [0.1, 0.15) is 16.7 Å². The molecule has 0 heterocycles. The first-order valence-electron chi connectivity index (χ1n) is 4.61. The molecule has 2 nitrogen and oxygen atoms in total. The van der Waals surface area contributed by atoms with Crippen LogP contribution in [0.5, 0.6) is 11.5 Å². The van der Waals surface area contributed by atoms with Gasteiger partial charge in [0.1, 0.15) is 11.5 Å². The highest BCUT2D eigenvalue weighted by molar-refractivity contribution is 7.80. The molecule has 0 radical (unpaired) electrons. The summed E-state index contributed by atoms with van der Waals surface area (Å²) in [7, 11) is 0. The van der Waals surface area contributed by atoms with Crippen molar-refractivity contribution in [3.05, 3.63) is 22.8 Å². The van der Waals surface area contributed by atoms with E-state index in [1.54, 1.807) is 0 Å². The maximum Gasteiger partial charge on any atom is 0.123 e. The van der Waals surface area contributed by atoms with Gasteiger partial charge in [-0.1, -0.05) is 0 Å². The van der Waals surface area contributed by atoms with Crippen LogP contribution in [0.15, 0.2) is 6.07 Å². The normalized spacial score (nSPS) is 10.3. The quantitative estimate of drug-likeness (QED) is 0.754. The van der Waals surface area contributed by atoms with Crippen LogP contribution in [0.25, 0.3) is 0 Å². The molecule has 1 aromatic carbocycles. The van der Waals surface area contributed by atoms with Gasteiger partial charge in [0, 0.05) is 5.75 Å². The maximum atomic E-state index is 9.67. The fourth-order valence-electron chi connectivity index (χ4n) is 1.34. The van der Waals surface area contributed by atoms with E-state index < -0.39 is 0 Å². The number of aromatic hydroxyl groups is 1. The van der Waals surface area contributed by atoms with Gasteiger partial charge in [-0.3, -0.25) is 0 Å². The molecule has 0 aliphatic carbocycles. The summed E-state index contributed by atoms with van der Waals surface area (Å²) in [5.74, 6) is 1.89. The molecule has 0 atom stereocenters. The summed E-state index contributed by atoms with van der Waals surface area (Å²) >= 11 is 4.08. The number of rotatable bonds is 3. The average Bonchev–Trinajstić information content (AvgIpc) is 2.18. The number of hydrogen-bond donors (Lipinski definition) is 2. The van der Waals surface area contributed by atoms with Gasteiger partial charge in [0.2, 0.25) is 0 Å². The summed E-state index contributed by atoms with van der Waals surface area (Å²) in [6.45, 7) is 6.30. The van der Waals surface area contributed by atoms with Crippen LogP contribution in [0.2, 0.25) is 0 Å². The molecule has 3 heteroatoms. The lowest BCUT2D eigenvalue weighted by molar-refractivity contribution is 0.340. The second-order valence-corrected chi connectivity index (χ2v) is 3.81. The fraction of sp³-hybridized carbons (Fsp3) is 0.455. The van der Waals surface area contributed by atoms with Crippen LogP contribution >= 0.6 is 12.6 Å². The van der Waals surface area contributed by atoms with Crippen molar-refractivity contribution < 1.29 is 9.84 Å². The number of benzene rings is 1. The summed E-state index contributed by atoms with van der Waals surface area (Å²) in [6.07, 6.45) is 0. The van der Waals surface area contributed by atoms with E-state index in [0.717, 1.165) is 22.4 Å². The Labute approximate surface area is 90.3 Å². The number of ether oxygens (including phenoxy) is 1. The molecule has 0 aromatic heterocycles. The Kier molecular flexibility index (Phi) is 3.69. The molecule has 78 valence electrons. The lowest BCUT2D eigenvalue weighted by atomic mass is 10.0. The van der Waals surface area contributed by atoms with Crippen molar-refractivity contribution in [1.82, 2.24) is 0 Å². The summed E-state index contributed by atoms with van der Waals surface area (Å²) in [5, 5.41) is 9.67. The Bertz CT molecular complexity index is 335. The van der Waals surface area contributed by atoms with E-state index in [0.29, 0.717) is 18.1 Å². The van der Waals surface area contributed by atoms with Gasteiger partial charge in [0.05, 0.1) is 6.61 Å². The molecule has 0 saturated heterocycles. The van der Waals surface area contributed by atoms with Crippen molar-refractivity contribution in [3.8, 4) is 11.5 Å². The number of phenols is 1. The van der Waals surface area contributed by atoms with E-state index in [9.17, 15) is 5.11 Å². The Morgan fingerprint density at radius 3 is 2.50 bits per heavy atom. The molecule has 0 aliphatic rings. The third-order valence-corrected chi connectivity index (χ3v) is 2.54. The van der Waals surface area contributed by atoms with Gasteiger partial charge < -0.3 is 9.84 Å². The summed E-state index contributed by atoms with van der Waals surface area (Å²) < 4.78 is 5.52. The minimum absolute atomic E-state index is 0.362. The zero-order valence-electron chi connectivity index (χ0n) is 8.79. The lowest BCUT2D eigenvalue weighted by Gasteiger charge is -2.13. The third-order valence-electron chi connectivity index (χ3n) is 2.36. The Balaban J connectivity index is 3.06. The van der Waals surface area contributed by atoms with E-state index in [4.69, 9.17) is 4.74 Å². The van der Waals surface area contributed by atoms with Crippen LogP contribution in [-0.4, -0.2) is 17.5 Å². The molecule has 1 aromatic rings. The standard InChI is InChI=1S/C11H16O2S/c1-7-6-10(13-4-5-14)8(2)9(3)11(7)12/h6,12,14H,4-5H2,1-3H3. The molecule has 14 heavy (non-hydrogen) atoms. The largest absolute Gasteiger partial charge is 0.507 e. The van der Waals surface area contributed by atoms with Crippen LogP contribution < -0.4 is 4.74 Å². The number of phenolic OH excluding ortho intramolecular Hbond substituents is 1. The molecular formula is C11H16O2S. The highest BCUT2D eigenvalue weighted by atomic mass is 32.1. The lowest BCUT2D eigenvalue weighted by Crippen LogP contribution is -2.01. The van der Waals surface area contributed by atoms with Gasteiger partial charge in [-0.15, -0.1) is 0 Å². The molecule has 0 fully saturated rings. The van der Waals surface area contributed by atoms with E-state index in [1.807, 2.05) is 26.8 Å². The van der Waals surface area contributed by atoms with Crippen LogP contribution in [0.3, 0.4) is 0 Å². The highest BCUT2D eigenvalue weighted by Gasteiger charge is 2.09. The van der Waals surface area contributed by atoms with Crippen molar-refractivity contribution in [2.75, 3.05) is 12.4 Å². The molecule has 0 amide bonds. The molecule has 0 spiro atoms. The zero-order valence-corrected chi connectivity index (χ0v) is 9.69. The molecule has 1 rings (SSSR count). The van der Waals surface area contributed by atoms with Gasteiger partial charge in [-0.25, -0.2) is 0 Å². The minimum atomic E-state index is 0.362. The van der Waals surface area contributed by atoms with Crippen LogP contribution in [0.4, 0.5) is 0 Å². The highest BCUT2D eigenvalue weighted by Crippen LogP contribution is 2.31. The molecule has 0 saturated carbocycles. The third kappa shape index (κ3) is 2.15. The topological polar surface area (TPSA) is 29.5 Å². The van der Waals surface area contributed by atoms with Crippen molar-refractivity contribution in [2.45, 2.75) is 20.8 Å². The summed E-state index contributed by atoms with van der Waals surface area (Å²) in [5.41, 5.74) is 2.73. The van der Waals surface area contributed by atoms with Crippen molar-refractivity contribution in [3.63, 3.8) is 0 Å². The van der Waals surface area contributed by atoms with Crippen molar-refractivity contribution >= 4 is 12.6 Å². The fourth-order valence-corrected chi connectivity index (χ4v) is 1.43. The van der Waals surface area contributed by atoms with Crippen LogP contribution in [0, 0.1) is 20.8 Å². The van der Waals surface area contributed by atoms with Crippen LogP contribution in [-0.2, 0) is 0 Å². The zero-order chi connectivity index (χ0) is 10.7. The maximum absolute atomic E-state index is 9.67. The predicted octanol–water partition coefficient (Wildman–Crippen LogP) is 2.63. The van der Waals surface area contributed by atoms with Gasteiger partial charge >= 0.3 is 0 Å². The average molecular weight is 212 g/mol. The first-order chi connectivity index (χ1) is 6.57. The van der Waals surface area contributed by atoms with Gasteiger partial charge in [0.25, 0.3) is 0 Å². The van der Waals surface area contributed by atoms with E-state index >= 15 is 0 Å². The van der Waals surface area contributed by atoms with E-state index in [-0.39, 0.29) is 0 Å². The number of thiol groups is 1. The number of aryl methyl sites for hydroxylation is 1. The van der Waals surface area contributed by atoms with Crippen molar-refractivity contribution in [1.29, 1.82) is 0 Å². The smallest absolute Gasteiger partial charge is 0.123 e. The molecule has 1 N–H and O–H groups in total. The Hall–Kier alpha value is -0.830. The Morgan fingerprint density at radius 1 is 1.29 bits per heavy atom. The Morgan fingerprint density at radius 2 is 1.93 bits per heavy atom. The molecule has 0 aliphatic heterocycles. The predicted molar refractivity (Wildman–Crippen MR) is 61.7 cm³/mol. The van der Waals surface area contributed by atoms with Gasteiger partial charge in [0.15, 0.2) is 0 Å². The number of hydrogen-bond acceptors (Lipinski definition) is 3. The van der Waals surface area contributed by atoms with Gasteiger partial charge in [-0.05, 0) is 43.5 Å². The molecule has 0 bridgehead atoms. The van der Waals surface area contributed by atoms with Gasteiger partial charge in [-0.2, -0.15) is 12.6 Å². The summed E-state index contributed by atoms with van der Waals surface area (Å²) in [4.78, 5) is 0. The second kappa shape index (κ2) is 4.60. The first kappa shape index (κ1) is 11.2.